The second kappa shape index (κ2) is 10.3. The van der Waals surface area contributed by atoms with Crippen LogP contribution in [0.2, 0.25) is 0 Å². The lowest BCUT2D eigenvalue weighted by atomic mass is 9.86. The van der Waals surface area contributed by atoms with Gasteiger partial charge >= 0.3 is 0 Å². The molecule has 0 aliphatic rings. The summed E-state index contributed by atoms with van der Waals surface area (Å²) in [5.74, 6) is -0.529. The average molecular weight is 574 g/mol. The minimum absolute atomic E-state index is 0.194. The molecule has 2 aromatic carbocycles. The molecule has 3 N–H and O–H groups in total. The van der Waals surface area contributed by atoms with Crippen LogP contribution in [0, 0.1) is 6.92 Å². The summed E-state index contributed by atoms with van der Waals surface area (Å²) in [5.41, 5.74) is 2.13. The molecule has 0 saturated heterocycles. The van der Waals surface area contributed by atoms with Crippen molar-refractivity contribution in [2.45, 2.75) is 33.1 Å². The van der Waals surface area contributed by atoms with Crippen LogP contribution in [-0.2, 0) is 15.4 Å². The van der Waals surface area contributed by atoms with E-state index in [9.17, 15) is 18.0 Å². The molecule has 2 amide bonds. The highest BCUT2D eigenvalue weighted by atomic mass is 32.2. The van der Waals surface area contributed by atoms with Gasteiger partial charge in [0.05, 0.1) is 45.7 Å². The average Bonchev–Trinajstić information content (AvgIpc) is 3.44. The number of thiophene rings is 1. The Morgan fingerprint density at radius 1 is 1.00 bits per heavy atom. The Labute approximate surface area is 228 Å². The van der Waals surface area contributed by atoms with Gasteiger partial charge in [0.15, 0.2) is 5.75 Å². The number of sulfonamides is 1. The van der Waals surface area contributed by atoms with Gasteiger partial charge in [0.2, 0.25) is 10.0 Å². The largest absolute Gasteiger partial charge is 0.492 e. The van der Waals surface area contributed by atoms with Crippen molar-refractivity contribution < 1.29 is 22.7 Å². The number of ether oxygens (including phenoxy) is 1. The van der Waals surface area contributed by atoms with Gasteiger partial charge in [0, 0.05) is 0 Å². The fraction of sp³-hybridized carbons (Fsp3) is 0.280. The lowest BCUT2D eigenvalue weighted by molar-refractivity contribution is 0.102. The highest BCUT2D eigenvalue weighted by molar-refractivity contribution is 7.92. The summed E-state index contributed by atoms with van der Waals surface area (Å²) in [4.78, 5) is 26.9. The summed E-state index contributed by atoms with van der Waals surface area (Å²) in [5, 5.41) is 10.4. The third kappa shape index (κ3) is 5.95. The number of methoxy groups -OCH3 is 1. The minimum Gasteiger partial charge on any atom is -0.492 e. The molecule has 0 aliphatic heterocycles. The first-order chi connectivity index (χ1) is 17.8. The van der Waals surface area contributed by atoms with Crippen molar-refractivity contribution in [2.24, 2.45) is 0 Å². The smallest absolute Gasteiger partial charge is 0.269 e. The van der Waals surface area contributed by atoms with Gasteiger partial charge in [-0.1, -0.05) is 37.4 Å². The molecule has 2 heterocycles. The van der Waals surface area contributed by atoms with Gasteiger partial charge < -0.3 is 15.4 Å². The van der Waals surface area contributed by atoms with E-state index in [-0.39, 0.29) is 22.8 Å². The molecule has 4 aromatic rings. The number of carbonyl (C=O) groups excluding carboxylic acids is 2. The molecular weight excluding hydrogens is 547 g/mol. The van der Waals surface area contributed by atoms with Crippen LogP contribution in [0.1, 0.15) is 51.4 Å². The monoisotopic (exact) mass is 573 g/mol. The van der Waals surface area contributed by atoms with Crippen molar-refractivity contribution in [3.05, 3.63) is 57.4 Å². The molecule has 0 spiro atoms. The maximum absolute atomic E-state index is 13.4. The van der Waals surface area contributed by atoms with E-state index in [2.05, 4.69) is 24.9 Å². The molecule has 0 atom stereocenters. The lowest BCUT2D eigenvalue weighted by Gasteiger charge is -2.23. The van der Waals surface area contributed by atoms with E-state index < -0.39 is 15.9 Å². The maximum atomic E-state index is 13.4. The molecule has 2 aromatic heterocycles. The van der Waals surface area contributed by atoms with Crippen LogP contribution in [0.15, 0.2) is 36.4 Å². The van der Waals surface area contributed by atoms with Crippen molar-refractivity contribution in [3.8, 4) is 5.75 Å². The Morgan fingerprint density at radius 2 is 1.68 bits per heavy atom. The van der Waals surface area contributed by atoms with Crippen LogP contribution >= 0.6 is 22.9 Å². The fourth-order valence-electron chi connectivity index (χ4n) is 3.73. The van der Waals surface area contributed by atoms with E-state index in [1.807, 2.05) is 26.8 Å². The maximum Gasteiger partial charge on any atom is 0.269 e. The summed E-state index contributed by atoms with van der Waals surface area (Å²) in [6, 6.07) is 10.6. The molecule has 0 bridgehead atoms. The number of hydrogen-bond acceptors (Lipinski definition) is 9. The number of hydrogen-bond donors (Lipinski definition) is 3. The SMILES string of the molecule is COc1c(NC(=O)c2cc3cccc(NC(=O)c4snnc4C)c3s2)cc(C(C)(C)C)cc1NS(C)(=O)=O. The van der Waals surface area contributed by atoms with Gasteiger partial charge in [-0.3, -0.25) is 14.3 Å². The third-order valence-corrected chi connectivity index (χ3v) is 8.18. The number of carbonyl (C=O) groups is 2. The first kappa shape index (κ1) is 27.5. The predicted molar refractivity (Wildman–Crippen MR) is 153 cm³/mol. The Bertz CT molecular complexity index is 1650. The summed E-state index contributed by atoms with van der Waals surface area (Å²) in [6.45, 7) is 7.66. The Kier molecular flexibility index (Phi) is 7.46. The Hall–Kier alpha value is -3.55. The molecule has 0 saturated carbocycles. The number of nitrogens with zero attached hydrogens (tertiary/aromatic N) is 2. The molecule has 0 aliphatic carbocycles. The molecular formula is C25H27N5O5S3. The molecule has 200 valence electrons. The molecule has 4 rings (SSSR count). The van der Waals surface area contributed by atoms with Gasteiger partial charge in [-0.2, -0.15) is 0 Å². The Morgan fingerprint density at radius 3 is 2.29 bits per heavy atom. The van der Waals surface area contributed by atoms with Crippen LogP contribution in [0.4, 0.5) is 17.1 Å². The van der Waals surface area contributed by atoms with Crippen LogP contribution in [-0.4, -0.2) is 43.2 Å². The Balaban J connectivity index is 1.69. The van der Waals surface area contributed by atoms with E-state index in [1.54, 1.807) is 37.3 Å². The van der Waals surface area contributed by atoms with Crippen molar-refractivity contribution in [2.75, 3.05) is 28.7 Å². The van der Waals surface area contributed by atoms with Gasteiger partial charge in [-0.15, -0.1) is 16.4 Å². The van der Waals surface area contributed by atoms with Gasteiger partial charge in [-0.25, -0.2) is 8.42 Å². The van der Waals surface area contributed by atoms with Crippen molar-refractivity contribution in [1.82, 2.24) is 9.59 Å². The number of nitrogens with one attached hydrogen (secondary N) is 3. The van der Waals surface area contributed by atoms with Gasteiger partial charge in [-0.05, 0) is 59.1 Å². The highest BCUT2D eigenvalue weighted by Gasteiger charge is 2.23. The van der Waals surface area contributed by atoms with E-state index in [4.69, 9.17) is 4.74 Å². The number of aromatic nitrogens is 2. The van der Waals surface area contributed by atoms with Crippen LogP contribution in [0.5, 0.6) is 5.75 Å². The minimum atomic E-state index is -3.60. The lowest BCUT2D eigenvalue weighted by Crippen LogP contribution is -2.18. The topological polar surface area (TPSA) is 139 Å². The highest BCUT2D eigenvalue weighted by Crippen LogP contribution is 2.40. The van der Waals surface area contributed by atoms with Crippen LogP contribution < -0.4 is 20.1 Å². The molecule has 0 fully saturated rings. The second-order valence-electron chi connectivity index (χ2n) is 9.66. The normalized spacial score (nSPS) is 11.8. The van der Waals surface area contributed by atoms with Crippen molar-refractivity contribution in [3.63, 3.8) is 0 Å². The van der Waals surface area contributed by atoms with E-state index in [0.717, 1.165) is 33.4 Å². The fourth-order valence-corrected chi connectivity index (χ4v) is 5.85. The van der Waals surface area contributed by atoms with Crippen LogP contribution in [0.3, 0.4) is 0 Å². The standard InChI is InChI=1S/C25H27N5O5S3/c1-13-21(37-30-28-13)24(32)26-16-9-7-8-14-10-19(36-22(14)16)23(31)27-17-11-15(25(2,3)4)12-18(20(17)35-5)29-38(6,33)34/h7-12,29H,1-6H3,(H,26,32)(H,27,31). The number of fused-ring (bicyclic) bond motifs is 1. The van der Waals surface area contributed by atoms with Crippen LogP contribution in [0.25, 0.3) is 10.1 Å². The van der Waals surface area contributed by atoms with E-state index in [1.165, 1.54) is 18.4 Å². The number of rotatable bonds is 7. The zero-order chi connectivity index (χ0) is 27.8. The second-order valence-corrected chi connectivity index (χ2v) is 13.2. The molecule has 10 nitrogen and oxygen atoms in total. The van der Waals surface area contributed by atoms with E-state index in [0.29, 0.717) is 26.8 Å². The number of benzene rings is 2. The molecule has 0 radical (unpaired) electrons. The zero-order valence-electron chi connectivity index (χ0n) is 21.6. The molecule has 38 heavy (non-hydrogen) atoms. The third-order valence-electron chi connectivity index (χ3n) is 5.58. The number of anilines is 3. The zero-order valence-corrected chi connectivity index (χ0v) is 24.1. The number of amides is 2. The first-order valence-electron chi connectivity index (χ1n) is 11.4. The van der Waals surface area contributed by atoms with Crippen molar-refractivity contribution >= 4 is 71.9 Å². The molecule has 13 heteroatoms. The predicted octanol–water partition coefficient (Wildman–Crippen LogP) is 5.24. The summed E-state index contributed by atoms with van der Waals surface area (Å²) in [6.07, 6.45) is 1.05. The summed E-state index contributed by atoms with van der Waals surface area (Å²) in [7, 11) is -2.20. The van der Waals surface area contributed by atoms with Crippen molar-refractivity contribution in [1.29, 1.82) is 0 Å². The first-order valence-corrected chi connectivity index (χ1v) is 14.9. The van der Waals surface area contributed by atoms with E-state index >= 15 is 0 Å². The number of aryl methyl sites for hydroxylation is 1. The van der Waals surface area contributed by atoms with Gasteiger partial charge in [0.1, 0.15) is 4.88 Å². The quantitative estimate of drug-likeness (QED) is 0.275. The summed E-state index contributed by atoms with van der Waals surface area (Å²) < 4.78 is 36.5. The van der Waals surface area contributed by atoms with Gasteiger partial charge in [0.25, 0.3) is 11.8 Å². The summed E-state index contributed by atoms with van der Waals surface area (Å²) >= 11 is 2.24. The molecule has 0 unspecified atom stereocenters.